The van der Waals surface area contributed by atoms with Crippen molar-refractivity contribution in [2.45, 2.75) is 19.7 Å². The van der Waals surface area contributed by atoms with Crippen LogP contribution in [0.5, 0.6) is 0 Å². The number of nitrogens with zero attached hydrogens (tertiary/aromatic N) is 2. The largest absolute Gasteiger partial charge is 0.392 e. The molecule has 0 atom stereocenters. The molecule has 1 aromatic heterocycles. The minimum atomic E-state index is 0.0954. The average molecular weight is 235 g/mol. The van der Waals surface area contributed by atoms with Crippen LogP contribution in [0.15, 0.2) is 29.6 Å². The number of nitrogens with one attached hydrogen (secondary N) is 1. The van der Waals surface area contributed by atoms with Crippen molar-refractivity contribution in [2.24, 2.45) is 0 Å². The molecule has 0 aliphatic carbocycles. The Hall–Kier alpha value is -1.30. The van der Waals surface area contributed by atoms with E-state index < -0.39 is 0 Å². The third kappa shape index (κ3) is 3.10. The van der Waals surface area contributed by atoms with E-state index in [0.29, 0.717) is 0 Å². The quantitative estimate of drug-likeness (QED) is 0.820. The second kappa shape index (κ2) is 5.69. The van der Waals surface area contributed by atoms with Crippen molar-refractivity contribution in [3.05, 3.63) is 46.5 Å². The molecule has 2 N–H and O–H groups in total. The lowest BCUT2D eigenvalue weighted by atomic mass is 10.1. The molecule has 0 spiro atoms. The van der Waals surface area contributed by atoms with E-state index >= 15 is 0 Å². The summed E-state index contributed by atoms with van der Waals surface area (Å²) in [4.78, 5) is 0. The lowest BCUT2D eigenvalue weighted by molar-refractivity contribution is 0.282. The molecular formula is C11H13N3OS. The molecule has 84 valence electrons. The molecule has 2 rings (SSSR count). The van der Waals surface area contributed by atoms with Gasteiger partial charge in [0.05, 0.1) is 12.3 Å². The molecule has 0 unspecified atom stereocenters. The number of hydrogen-bond acceptors (Lipinski definition) is 5. The van der Waals surface area contributed by atoms with Crippen molar-refractivity contribution in [3.8, 4) is 0 Å². The van der Waals surface area contributed by atoms with Gasteiger partial charge in [-0.25, -0.2) is 0 Å². The third-order valence-electron chi connectivity index (χ3n) is 2.25. The SMILES string of the molecule is OCc1ccc(CNCc2csnn2)cc1. The van der Waals surface area contributed by atoms with E-state index in [4.69, 9.17) is 5.11 Å². The van der Waals surface area contributed by atoms with Crippen molar-refractivity contribution in [3.63, 3.8) is 0 Å². The molecule has 2 aromatic rings. The molecule has 4 nitrogen and oxygen atoms in total. The summed E-state index contributed by atoms with van der Waals surface area (Å²) in [5.41, 5.74) is 3.10. The fourth-order valence-electron chi connectivity index (χ4n) is 1.36. The summed E-state index contributed by atoms with van der Waals surface area (Å²) in [6.07, 6.45) is 0. The molecule has 0 fully saturated rings. The Bertz CT molecular complexity index is 413. The van der Waals surface area contributed by atoms with E-state index in [0.717, 1.165) is 24.3 Å². The standard InChI is InChI=1S/C11H13N3OS/c15-7-10-3-1-9(2-4-10)5-12-6-11-8-16-14-13-11/h1-4,8,12,15H,5-7H2. The maximum Gasteiger partial charge on any atom is 0.0893 e. The molecule has 0 amide bonds. The van der Waals surface area contributed by atoms with Crippen LogP contribution < -0.4 is 5.32 Å². The monoisotopic (exact) mass is 235 g/mol. The first kappa shape index (κ1) is 11.2. The van der Waals surface area contributed by atoms with Crippen LogP contribution in [0.4, 0.5) is 0 Å². The summed E-state index contributed by atoms with van der Waals surface area (Å²) in [6, 6.07) is 7.89. The van der Waals surface area contributed by atoms with Gasteiger partial charge in [-0.05, 0) is 22.7 Å². The van der Waals surface area contributed by atoms with Crippen molar-refractivity contribution < 1.29 is 5.11 Å². The zero-order chi connectivity index (χ0) is 11.2. The normalized spacial score (nSPS) is 10.6. The van der Waals surface area contributed by atoms with E-state index in [-0.39, 0.29) is 6.61 Å². The molecule has 16 heavy (non-hydrogen) atoms. The second-order valence-corrected chi connectivity index (χ2v) is 4.08. The molecular weight excluding hydrogens is 222 g/mol. The van der Waals surface area contributed by atoms with E-state index in [1.807, 2.05) is 29.6 Å². The highest BCUT2D eigenvalue weighted by atomic mass is 32.1. The van der Waals surface area contributed by atoms with Crippen molar-refractivity contribution in [1.82, 2.24) is 14.9 Å². The van der Waals surface area contributed by atoms with Crippen LogP contribution in [0, 0.1) is 0 Å². The average Bonchev–Trinajstić information content (AvgIpc) is 2.83. The minimum Gasteiger partial charge on any atom is -0.392 e. The zero-order valence-electron chi connectivity index (χ0n) is 8.76. The van der Waals surface area contributed by atoms with Gasteiger partial charge in [0.15, 0.2) is 0 Å². The molecule has 0 bridgehead atoms. The van der Waals surface area contributed by atoms with Gasteiger partial charge < -0.3 is 10.4 Å². The lowest BCUT2D eigenvalue weighted by Crippen LogP contribution is -2.12. The number of benzene rings is 1. The zero-order valence-corrected chi connectivity index (χ0v) is 9.57. The predicted molar refractivity (Wildman–Crippen MR) is 62.8 cm³/mol. The van der Waals surface area contributed by atoms with Crippen molar-refractivity contribution >= 4 is 11.5 Å². The highest BCUT2D eigenvalue weighted by Crippen LogP contribution is 2.04. The Morgan fingerprint density at radius 1 is 1.12 bits per heavy atom. The summed E-state index contributed by atoms with van der Waals surface area (Å²) < 4.78 is 3.79. The molecule has 0 aliphatic heterocycles. The highest BCUT2D eigenvalue weighted by Gasteiger charge is 1.97. The van der Waals surface area contributed by atoms with Gasteiger partial charge in [0, 0.05) is 18.5 Å². The second-order valence-electron chi connectivity index (χ2n) is 3.47. The molecule has 0 saturated carbocycles. The van der Waals surface area contributed by atoms with Crippen LogP contribution in [-0.2, 0) is 19.7 Å². The Kier molecular flexibility index (Phi) is 3.98. The first-order valence-corrected chi connectivity index (χ1v) is 5.87. The summed E-state index contributed by atoms with van der Waals surface area (Å²) in [7, 11) is 0. The smallest absolute Gasteiger partial charge is 0.0893 e. The van der Waals surface area contributed by atoms with Crippen molar-refractivity contribution in [2.75, 3.05) is 0 Å². The summed E-state index contributed by atoms with van der Waals surface area (Å²) in [5.74, 6) is 0. The predicted octanol–water partition coefficient (Wildman–Crippen LogP) is 1.32. The van der Waals surface area contributed by atoms with Crippen LogP contribution in [0.2, 0.25) is 0 Å². The van der Waals surface area contributed by atoms with Crippen LogP contribution in [0.25, 0.3) is 0 Å². The first-order valence-electron chi connectivity index (χ1n) is 5.04. The van der Waals surface area contributed by atoms with Gasteiger partial charge in [0.1, 0.15) is 0 Å². The van der Waals surface area contributed by atoms with Gasteiger partial charge in [-0.1, -0.05) is 28.8 Å². The summed E-state index contributed by atoms with van der Waals surface area (Å²) >= 11 is 1.36. The van der Waals surface area contributed by atoms with Crippen LogP contribution in [0.3, 0.4) is 0 Å². The third-order valence-corrected chi connectivity index (χ3v) is 2.80. The molecule has 0 saturated heterocycles. The Labute approximate surface area is 98.1 Å². The number of aliphatic hydroxyl groups is 1. The van der Waals surface area contributed by atoms with E-state index in [9.17, 15) is 0 Å². The number of rotatable bonds is 5. The maximum atomic E-state index is 8.90. The summed E-state index contributed by atoms with van der Waals surface area (Å²) in [6.45, 7) is 1.62. The van der Waals surface area contributed by atoms with Gasteiger partial charge >= 0.3 is 0 Å². The Morgan fingerprint density at radius 3 is 2.50 bits per heavy atom. The Morgan fingerprint density at radius 2 is 1.88 bits per heavy atom. The van der Waals surface area contributed by atoms with Crippen LogP contribution in [0.1, 0.15) is 16.8 Å². The van der Waals surface area contributed by atoms with Gasteiger partial charge in [-0.3, -0.25) is 0 Å². The lowest BCUT2D eigenvalue weighted by Gasteiger charge is -2.03. The number of aromatic nitrogens is 2. The van der Waals surface area contributed by atoms with E-state index in [2.05, 4.69) is 14.9 Å². The topological polar surface area (TPSA) is 58.0 Å². The minimum absolute atomic E-state index is 0.0954. The molecule has 5 heteroatoms. The van der Waals surface area contributed by atoms with Crippen molar-refractivity contribution in [1.29, 1.82) is 0 Å². The fourth-order valence-corrected chi connectivity index (χ4v) is 1.81. The van der Waals surface area contributed by atoms with Gasteiger partial charge in [-0.2, -0.15) is 0 Å². The van der Waals surface area contributed by atoms with E-state index in [1.54, 1.807) is 0 Å². The molecule has 0 aliphatic rings. The summed E-state index contributed by atoms with van der Waals surface area (Å²) in [5, 5.41) is 18.1. The molecule has 1 aromatic carbocycles. The van der Waals surface area contributed by atoms with Gasteiger partial charge in [0.25, 0.3) is 0 Å². The van der Waals surface area contributed by atoms with Gasteiger partial charge in [-0.15, -0.1) is 5.10 Å². The Balaban J connectivity index is 1.81. The first-order chi connectivity index (χ1) is 7.88. The van der Waals surface area contributed by atoms with Crippen LogP contribution >= 0.6 is 11.5 Å². The van der Waals surface area contributed by atoms with Gasteiger partial charge in [0.2, 0.25) is 0 Å². The maximum absolute atomic E-state index is 8.90. The number of aliphatic hydroxyl groups excluding tert-OH is 1. The fraction of sp³-hybridized carbons (Fsp3) is 0.273. The number of hydrogen-bond donors (Lipinski definition) is 2. The molecule has 1 heterocycles. The van der Waals surface area contributed by atoms with E-state index in [1.165, 1.54) is 17.1 Å². The highest BCUT2D eigenvalue weighted by molar-refractivity contribution is 7.03. The van der Waals surface area contributed by atoms with Crippen LogP contribution in [-0.4, -0.2) is 14.7 Å². The molecule has 0 radical (unpaired) electrons.